The monoisotopic (exact) mass is 132 g/mol. The zero-order valence-corrected chi connectivity index (χ0v) is 5.51. The van der Waals surface area contributed by atoms with Crippen molar-refractivity contribution in [1.29, 1.82) is 0 Å². The maximum atomic E-state index is 8.65. The van der Waals surface area contributed by atoms with Crippen molar-refractivity contribution >= 4 is 0 Å². The maximum Gasteiger partial charge on any atom is 0.162 e. The Hall–Kier alpha value is -0.120. The summed E-state index contributed by atoms with van der Waals surface area (Å²) in [6.07, 6.45) is 1.83. The molecular formula is C6H14NO2. The molecule has 55 valence electrons. The van der Waals surface area contributed by atoms with Crippen molar-refractivity contribution in [2.45, 2.75) is 25.0 Å². The van der Waals surface area contributed by atoms with Crippen LogP contribution >= 0.6 is 0 Å². The summed E-state index contributed by atoms with van der Waals surface area (Å²) in [6, 6.07) is 0. The van der Waals surface area contributed by atoms with Crippen LogP contribution in [0.4, 0.5) is 0 Å². The lowest BCUT2D eigenvalue weighted by Crippen LogP contribution is -2.23. The molecule has 0 fully saturated rings. The minimum atomic E-state index is -1.75. The van der Waals surface area contributed by atoms with Crippen molar-refractivity contribution in [3.8, 4) is 0 Å². The average molecular weight is 132 g/mol. The largest absolute Gasteiger partial charge is 0.366 e. The molecule has 9 heavy (non-hydrogen) atoms. The molecule has 0 saturated heterocycles. The molecule has 0 rings (SSSR count). The summed E-state index contributed by atoms with van der Waals surface area (Å²) in [5.74, 6) is -1.75. The molecule has 1 radical (unpaired) electrons. The fourth-order valence-electron chi connectivity index (χ4n) is 0.552. The SMILES string of the molecule is [CH2]C(O)(O)CCCCN. The van der Waals surface area contributed by atoms with Gasteiger partial charge in [-0.3, -0.25) is 0 Å². The highest BCUT2D eigenvalue weighted by Crippen LogP contribution is 2.07. The van der Waals surface area contributed by atoms with Gasteiger partial charge in [0.15, 0.2) is 5.79 Å². The van der Waals surface area contributed by atoms with Crippen molar-refractivity contribution in [2.24, 2.45) is 5.73 Å². The van der Waals surface area contributed by atoms with Gasteiger partial charge in [0.1, 0.15) is 0 Å². The lowest BCUT2D eigenvalue weighted by molar-refractivity contribution is -0.126. The van der Waals surface area contributed by atoms with Crippen LogP contribution in [0.2, 0.25) is 0 Å². The Balaban J connectivity index is 3.07. The van der Waals surface area contributed by atoms with E-state index in [9.17, 15) is 0 Å². The quantitative estimate of drug-likeness (QED) is 0.361. The summed E-state index contributed by atoms with van der Waals surface area (Å²) in [5, 5.41) is 17.3. The van der Waals surface area contributed by atoms with Gasteiger partial charge >= 0.3 is 0 Å². The Morgan fingerprint density at radius 3 is 2.22 bits per heavy atom. The van der Waals surface area contributed by atoms with Crippen molar-refractivity contribution in [1.82, 2.24) is 0 Å². The second-order valence-corrected chi connectivity index (χ2v) is 2.23. The minimum absolute atomic E-state index is 0.296. The maximum absolute atomic E-state index is 8.65. The van der Waals surface area contributed by atoms with Crippen LogP contribution in [0.25, 0.3) is 0 Å². The van der Waals surface area contributed by atoms with Crippen molar-refractivity contribution in [3.05, 3.63) is 6.92 Å². The molecule has 0 aliphatic carbocycles. The number of hydrogen-bond donors (Lipinski definition) is 3. The zero-order valence-electron chi connectivity index (χ0n) is 5.51. The van der Waals surface area contributed by atoms with Crippen LogP contribution in [0.15, 0.2) is 0 Å². The molecule has 0 aromatic carbocycles. The molecule has 0 amide bonds. The first-order valence-corrected chi connectivity index (χ1v) is 3.06. The molecule has 0 heterocycles. The Morgan fingerprint density at radius 1 is 1.33 bits per heavy atom. The Kier molecular flexibility index (Phi) is 3.77. The van der Waals surface area contributed by atoms with E-state index in [4.69, 9.17) is 15.9 Å². The molecule has 0 atom stereocenters. The second-order valence-electron chi connectivity index (χ2n) is 2.23. The third-order valence-electron chi connectivity index (χ3n) is 1.03. The smallest absolute Gasteiger partial charge is 0.162 e. The number of aliphatic hydroxyl groups is 2. The van der Waals surface area contributed by atoms with Crippen LogP contribution in [0, 0.1) is 6.92 Å². The molecule has 3 heteroatoms. The van der Waals surface area contributed by atoms with Crippen LogP contribution in [-0.4, -0.2) is 22.5 Å². The summed E-state index contributed by atoms with van der Waals surface area (Å²) in [4.78, 5) is 0. The fourth-order valence-corrected chi connectivity index (χ4v) is 0.552. The van der Waals surface area contributed by atoms with E-state index in [0.29, 0.717) is 19.4 Å². The topological polar surface area (TPSA) is 66.5 Å². The molecular weight excluding hydrogens is 118 g/mol. The van der Waals surface area contributed by atoms with E-state index in [-0.39, 0.29) is 0 Å². The number of rotatable bonds is 4. The van der Waals surface area contributed by atoms with E-state index in [1.54, 1.807) is 0 Å². The molecule has 4 N–H and O–H groups in total. The lowest BCUT2D eigenvalue weighted by Gasteiger charge is -2.13. The van der Waals surface area contributed by atoms with Crippen LogP contribution in [0.5, 0.6) is 0 Å². The number of unbranched alkanes of at least 4 members (excludes halogenated alkanes) is 1. The van der Waals surface area contributed by atoms with Crippen LogP contribution in [0.3, 0.4) is 0 Å². The number of hydrogen-bond acceptors (Lipinski definition) is 3. The van der Waals surface area contributed by atoms with Gasteiger partial charge < -0.3 is 15.9 Å². The standard InChI is InChI=1S/C6H14NO2/c1-6(8,9)4-2-3-5-7/h8-9H,1-5,7H2. The summed E-state index contributed by atoms with van der Waals surface area (Å²) >= 11 is 0. The van der Waals surface area contributed by atoms with Gasteiger partial charge in [-0.05, 0) is 19.4 Å². The van der Waals surface area contributed by atoms with Crippen molar-refractivity contribution in [3.63, 3.8) is 0 Å². The predicted molar refractivity (Wildman–Crippen MR) is 35.4 cm³/mol. The summed E-state index contributed by atoms with van der Waals surface area (Å²) in [7, 11) is 0. The number of nitrogens with two attached hydrogens (primary N) is 1. The first-order valence-electron chi connectivity index (χ1n) is 3.06. The highest BCUT2D eigenvalue weighted by atomic mass is 16.5. The second kappa shape index (κ2) is 3.82. The molecule has 0 aliphatic rings. The highest BCUT2D eigenvalue weighted by Gasteiger charge is 2.12. The minimum Gasteiger partial charge on any atom is -0.366 e. The van der Waals surface area contributed by atoms with Gasteiger partial charge in [0.25, 0.3) is 0 Å². The first kappa shape index (κ1) is 8.88. The molecule has 0 spiro atoms. The molecule has 0 aliphatic heterocycles. The molecule has 0 aromatic heterocycles. The van der Waals surface area contributed by atoms with E-state index in [1.165, 1.54) is 0 Å². The Morgan fingerprint density at radius 2 is 1.89 bits per heavy atom. The summed E-state index contributed by atoms with van der Waals surface area (Å²) in [6.45, 7) is 3.71. The van der Waals surface area contributed by atoms with Gasteiger partial charge in [-0.25, -0.2) is 0 Å². The highest BCUT2D eigenvalue weighted by molar-refractivity contribution is 4.65. The van der Waals surface area contributed by atoms with Crippen LogP contribution in [-0.2, 0) is 0 Å². The van der Waals surface area contributed by atoms with Crippen LogP contribution in [0.1, 0.15) is 19.3 Å². The third-order valence-corrected chi connectivity index (χ3v) is 1.03. The molecule has 3 nitrogen and oxygen atoms in total. The Bertz CT molecular complexity index is 67.9. The van der Waals surface area contributed by atoms with Gasteiger partial charge in [-0.2, -0.15) is 0 Å². The van der Waals surface area contributed by atoms with Gasteiger partial charge in [0.2, 0.25) is 0 Å². The van der Waals surface area contributed by atoms with E-state index in [0.717, 1.165) is 6.42 Å². The molecule has 0 unspecified atom stereocenters. The van der Waals surface area contributed by atoms with Crippen molar-refractivity contribution < 1.29 is 10.2 Å². The van der Waals surface area contributed by atoms with Gasteiger partial charge in [0, 0.05) is 13.3 Å². The summed E-state index contributed by atoms with van der Waals surface area (Å²) < 4.78 is 0. The molecule has 0 saturated carbocycles. The Labute approximate surface area is 55.5 Å². The average Bonchev–Trinajstić information content (AvgIpc) is 1.63. The van der Waals surface area contributed by atoms with Gasteiger partial charge in [0.05, 0.1) is 0 Å². The predicted octanol–water partition coefficient (Wildman–Crippen LogP) is -0.370. The first-order chi connectivity index (χ1) is 4.06. The zero-order chi connectivity index (χ0) is 7.33. The van der Waals surface area contributed by atoms with E-state index >= 15 is 0 Å². The molecule has 0 bridgehead atoms. The normalized spacial score (nSPS) is 12.0. The third kappa shape index (κ3) is 7.88. The lowest BCUT2D eigenvalue weighted by atomic mass is 10.1. The van der Waals surface area contributed by atoms with E-state index in [2.05, 4.69) is 6.92 Å². The molecule has 0 aromatic rings. The summed E-state index contributed by atoms with van der Waals surface area (Å²) in [5.41, 5.74) is 5.17. The van der Waals surface area contributed by atoms with Crippen molar-refractivity contribution in [2.75, 3.05) is 6.54 Å². The van der Waals surface area contributed by atoms with Gasteiger partial charge in [-0.15, -0.1) is 0 Å². The van der Waals surface area contributed by atoms with E-state index < -0.39 is 5.79 Å². The fraction of sp³-hybridized carbons (Fsp3) is 0.833. The van der Waals surface area contributed by atoms with Crippen LogP contribution < -0.4 is 5.73 Å². The van der Waals surface area contributed by atoms with E-state index in [1.807, 2.05) is 0 Å². The van der Waals surface area contributed by atoms with Gasteiger partial charge in [-0.1, -0.05) is 0 Å².